The van der Waals surface area contributed by atoms with Gasteiger partial charge in [-0.25, -0.2) is 0 Å². The number of hydrazine groups is 1. The van der Waals surface area contributed by atoms with E-state index in [1.54, 1.807) is 6.07 Å². The third-order valence-corrected chi connectivity index (χ3v) is 4.78. The topological polar surface area (TPSA) is 83.4 Å². The smallest absolute Gasteiger partial charge is 0.287 e. The molecule has 2 aromatic carbocycles. The first kappa shape index (κ1) is 21.0. The highest BCUT2D eigenvalue weighted by atomic mass is 35.5. The molecule has 1 aromatic heterocycles. The summed E-state index contributed by atoms with van der Waals surface area (Å²) in [5.41, 5.74) is 6.37. The van der Waals surface area contributed by atoms with Crippen LogP contribution in [0.25, 0.3) is 0 Å². The SMILES string of the molecule is O=C(NC(Cc1ccccc1)C(=O)NNc1c(Cl)cc(Cl)cc1Cl)c1ccco1. The molecule has 9 heteroatoms. The second kappa shape index (κ2) is 9.69. The third-order valence-electron chi connectivity index (χ3n) is 3.97. The van der Waals surface area contributed by atoms with E-state index in [0.29, 0.717) is 10.7 Å². The number of carbonyl (C=O) groups is 2. The van der Waals surface area contributed by atoms with Crippen LogP contribution < -0.4 is 16.2 Å². The zero-order chi connectivity index (χ0) is 20.8. The summed E-state index contributed by atoms with van der Waals surface area (Å²) < 4.78 is 5.09. The summed E-state index contributed by atoms with van der Waals surface area (Å²) in [5.74, 6) is -0.892. The number of furan rings is 1. The second-order valence-corrected chi connectivity index (χ2v) is 7.30. The van der Waals surface area contributed by atoms with Gasteiger partial charge in [0.05, 0.1) is 22.0 Å². The molecule has 2 amide bonds. The lowest BCUT2D eigenvalue weighted by Crippen LogP contribution is -2.49. The summed E-state index contributed by atoms with van der Waals surface area (Å²) in [5, 5.41) is 3.51. The summed E-state index contributed by atoms with van der Waals surface area (Å²) in [6.07, 6.45) is 1.65. The van der Waals surface area contributed by atoms with Crippen LogP contribution >= 0.6 is 34.8 Å². The highest BCUT2D eigenvalue weighted by Gasteiger charge is 2.23. The summed E-state index contributed by atoms with van der Waals surface area (Å²) in [4.78, 5) is 25.2. The Morgan fingerprint density at radius 3 is 2.28 bits per heavy atom. The normalized spacial score (nSPS) is 11.6. The molecule has 3 rings (SSSR count). The van der Waals surface area contributed by atoms with Crippen LogP contribution in [0.15, 0.2) is 65.3 Å². The second-order valence-electron chi connectivity index (χ2n) is 6.05. The Labute approximate surface area is 182 Å². The molecule has 0 fully saturated rings. The van der Waals surface area contributed by atoms with Gasteiger partial charge in [0.25, 0.3) is 11.8 Å². The predicted molar refractivity (Wildman–Crippen MR) is 113 cm³/mol. The number of anilines is 1. The number of benzene rings is 2. The predicted octanol–water partition coefficient (Wildman–Crippen LogP) is 4.72. The maximum Gasteiger partial charge on any atom is 0.287 e. The van der Waals surface area contributed by atoms with Crippen molar-refractivity contribution >= 4 is 52.3 Å². The molecule has 0 saturated carbocycles. The molecular weight excluding hydrogens is 437 g/mol. The van der Waals surface area contributed by atoms with Gasteiger partial charge in [-0.1, -0.05) is 65.1 Å². The van der Waals surface area contributed by atoms with Gasteiger partial charge < -0.3 is 9.73 Å². The molecule has 1 atom stereocenters. The molecule has 3 aromatic rings. The van der Waals surface area contributed by atoms with Crippen molar-refractivity contribution < 1.29 is 14.0 Å². The van der Waals surface area contributed by atoms with Crippen molar-refractivity contribution in [1.29, 1.82) is 0 Å². The molecule has 29 heavy (non-hydrogen) atoms. The van der Waals surface area contributed by atoms with Crippen LogP contribution in [-0.4, -0.2) is 17.9 Å². The highest BCUT2D eigenvalue weighted by molar-refractivity contribution is 6.41. The molecule has 0 saturated heterocycles. The largest absolute Gasteiger partial charge is 0.459 e. The van der Waals surface area contributed by atoms with Gasteiger partial charge in [0.1, 0.15) is 6.04 Å². The summed E-state index contributed by atoms with van der Waals surface area (Å²) in [6, 6.07) is 14.5. The number of hydrogen-bond donors (Lipinski definition) is 3. The van der Waals surface area contributed by atoms with Gasteiger partial charge in [0.2, 0.25) is 0 Å². The van der Waals surface area contributed by atoms with E-state index in [1.165, 1.54) is 24.5 Å². The zero-order valence-corrected chi connectivity index (χ0v) is 17.2. The van der Waals surface area contributed by atoms with E-state index in [1.807, 2.05) is 30.3 Å². The number of hydrogen-bond acceptors (Lipinski definition) is 4. The van der Waals surface area contributed by atoms with Crippen molar-refractivity contribution in [3.63, 3.8) is 0 Å². The van der Waals surface area contributed by atoms with Gasteiger partial charge in [0.15, 0.2) is 5.76 Å². The minimum atomic E-state index is -0.882. The molecule has 0 aliphatic carbocycles. The Hall–Kier alpha value is -2.67. The van der Waals surface area contributed by atoms with Crippen molar-refractivity contribution in [1.82, 2.24) is 10.7 Å². The van der Waals surface area contributed by atoms with Crippen LogP contribution in [-0.2, 0) is 11.2 Å². The van der Waals surface area contributed by atoms with E-state index in [-0.39, 0.29) is 22.2 Å². The van der Waals surface area contributed by atoms with Crippen molar-refractivity contribution in [2.24, 2.45) is 0 Å². The standard InChI is InChI=1S/C20H16Cl3N3O3/c21-13-10-14(22)18(15(23)11-13)25-26-19(27)16(9-12-5-2-1-3-6-12)24-20(28)17-7-4-8-29-17/h1-8,10-11,16,25H,9H2,(H,24,28)(H,26,27). The van der Waals surface area contributed by atoms with Crippen LogP contribution in [0.5, 0.6) is 0 Å². The van der Waals surface area contributed by atoms with Crippen LogP contribution in [0.4, 0.5) is 5.69 Å². The quantitative estimate of drug-likeness (QED) is 0.453. The Balaban J connectivity index is 1.74. The van der Waals surface area contributed by atoms with Gasteiger partial charge in [0, 0.05) is 11.4 Å². The highest BCUT2D eigenvalue weighted by Crippen LogP contribution is 2.33. The molecule has 0 bridgehead atoms. The number of carbonyl (C=O) groups excluding carboxylic acids is 2. The van der Waals surface area contributed by atoms with E-state index < -0.39 is 17.9 Å². The lowest BCUT2D eigenvalue weighted by Gasteiger charge is -2.19. The number of nitrogens with one attached hydrogen (secondary N) is 3. The Morgan fingerprint density at radius 2 is 1.66 bits per heavy atom. The number of halogens is 3. The van der Waals surface area contributed by atoms with Gasteiger partial charge in [-0.2, -0.15) is 0 Å². The third kappa shape index (κ3) is 5.67. The Morgan fingerprint density at radius 1 is 0.966 bits per heavy atom. The number of amides is 2. The van der Waals surface area contributed by atoms with E-state index in [4.69, 9.17) is 39.2 Å². The van der Waals surface area contributed by atoms with Gasteiger partial charge in [-0.3, -0.25) is 20.4 Å². The molecule has 1 heterocycles. The molecule has 6 nitrogen and oxygen atoms in total. The average Bonchev–Trinajstić information content (AvgIpc) is 3.22. The fourth-order valence-electron chi connectivity index (χ4n) is 2.57. The van der Waals surface area contributed by atoms with Crippen LogP contribution in [0.3, 0.4) is 0 Å². The first-order chi connectivity index (χ1) is 13.9. The maximum absolute atomic E-state index is 12.8. The van der Waals surface area contributed by atoms with Crippen LogP contribution in [0.2, 0.25) is 15.1 Å². The maximum atomic E-state index is 12.8. The fraction of sp³-hybridized carbons (Fsp3) is 0.100. The Bertz CT molecular complexity index is 972. The lowest BCUT2D eigenvalue weighted by molar-refractivity contribution is -0.122. The minimum absolute atomic E-state index is 0.104. The molecule has 0 spiro atoms. The van der Waals surface area contributed by atoms with Crippen molar-refractivity contribution in [3.8, 4) is 0 Å². The van der Waals surface area contributed by atoms with Crippen molar-refractivity contribution in [2.75, 3.05) is 5.43 Å². The average molecular weight is 453 g/mol. The summed E-state index contributed by atoms with van der Waals surface area (Å²) in [7, 11) is 0. The lowest BCUT2D eigenvalue weighted by atomic mass is 10.1. The fourth-order valence-corrected chi connectivity index (χ4v) is 3.48. The van der Waals surface area contributed by atoms with Crippen molar-refractivity contribution in [2.45, 2.75) is 12.5 Å². The van der Waals surface area contributed by atoms with Crippen LogP contribution in [0.1, 0.15) is 16.1 Å². The van der Waals surface area contributed by atoms with E-state index in [9.17, 15) is 9.59 Å². The van der Waals surface area contributed by atoms with E-state index in [0.717, 1.165) is 5.56 Å². The molecule has 150 valence electrons. The monoisotopic (exact) mass is 451 g/mol. The summed E-state index contributed by atoms with van der Waals surface area (Å²) in [6.45, 7) is 0. The van der Waals surface area contributed by atoms with Gasteiger partial charge in [-0.15, -0.1) is 0 Å². The first-order valence-electron chi connectivity index (χ1n) is 8.52. The van der Waals surface area contributed by atoms with Gasteiger partial charge >= 0.3 is 0 Å². The van der Waals surface area contributed by atoms with Crippen molar-refractivity contribution in [3.05, 3.63) is 87.3 Å². The minimum Gasteiger partial charge on any atom is -0.459 e. The zero-order valence-electron chi connectivity index (χ0n) is 14.9. The summed E-state index contributed by atoms with van der Waals surface area (Å²) >= 11 is 18.1. The molecule has 0 aliphatic rings. The van der Waals surface area contributed by atoms with Crippen LogP contribution in [0, 0.1) is 0 Å². The molecular formula is C20H16Cl3N3O3. The Kier molecular flexibility index (Phi) is 7.04. The number of rotatable bonds is 7. The molecule has 0 radical (unpaired) electrons. The molecule has 1 unspecified atom stereocenters. The van der Waals surface area contributed by atoms with Gasteiger partial charge in [-0.05, 0) is 29.8 Å². The van der Waals surface area contributed by atoms with E-state index in [2.05, 4.69) is 16.2 Å². The first-order valence-corrected chi connectivity index (χ1v) is 9.66. The molecule has 0 aliphatic heterocycles. The van der Waals surface area contributed by atoms with E-state index >= 15 is 0 Å². The molecule has 3 N–H and O–H groups in total.